The molecule has 3 aromatic rings. The fourth-order valence-corrected chi connectivity index (χ4v) is 3.63. The molecule has 0 aliphatic carbocycles. The summed E-state index contributed by atoms with van der Waals surface area (Å²) in [6, 6.07) is 13.2. The van der Waals surface area contributed by atoms with Gasteiger partial charge < -0.3 is 15.2 Å². The number of carbonyl (C=O) groups excluding carboxylic acids is 2. The van der Waals surface area contributed by atoms with Crippen LogP contribution in [-0.2, 0) is 23.1 Å². The highest BCUT2D eigenvalue weighted by Crippen LogP contribution is 2.16. The molecule has 182 valence electrons. The lowest BCUT2D eigenvalue weighted by molar-refractivity contribution is -0.117. The number of benzene rings is 2. The van der Waals surface area contributed by atoms with Gasteiger partial charge in [-0.1, -0.05) is 24.3 Å². The minimum Gasteiger partial charge on any atom is -0.465 e. The number of anilines is 1. The van der Waals surface area contributed by atoms with Crippen molar-refractivity contribution in [1.29, 1.82) is 0 Å². The topological polar surface area (TPSA) is 123 Å². The highest BCUT2D eigenvalue weighted by Gasteiger charge is 2.18. The third-order valence-corrected chi connectivity index (χ3v) is 5.19. The van der Waals surface area contributed by atoms with Crippen molar-refractivity contribution in [2.75, 3.05) is 32.6 Å². The van der Waals surface area contributed by atoms with Crippen LogP contribution in [0.1, 0.15) is 10.4 Å². The first-order valence-electron chi connectivity index (χ1n) is 10.2. The predicted octanol–water partition coefficient (Wildman–Crippen LogP) is 0.840. The summed E-state index contributed by atoms with van der Waals surface area (Å²) < 4.78 is 7.07. The van der Waals surface area contributed by atoms with E-state index in [1.54, 1.807) is 61.5 Å². The van der Waals surface area contributed by atoms with Crippen molar-refractivity contribution in [2.24, 2.45) is 7.05 Å². The van der Waals surface area contributed by atoms with Crippen molar-refractivity contribution in [2.45, 2.75) is 12.6 Å². The van der Waals surface area contributed by atoms with Gasteiger partial charge in [-0.25, -0.2) is 9.59 Å². The number of rotatable bonds is 8. The van der Waals surface area contributed by atoms with Crippen LogP contribution in [-0.4, -0.2) is 64.4 Å². The van der Waals surface area contributed by atoms with Crippen LogP contribution < -0.4 is 16.6 Å². The van der Waals surface area contributed by atoms with Gasteiger partial charge in [0, 0.05) is 13.6 Å². The number of para-hydroxylation sites is 2. The summed E-state index contributed by atoms with van der Waals surface area (Å²) in [6.07, 6.45) is -1.07. The zero-order valence-corrected chi connectivity index (χ0v) is 19.9. The van der Waals surface area contributed by atoms with Gasteiger partial charge in [-0.3, -0.25) is 23.6 Å². The van der Waals surface area contributed by atoms with E-state index in [0.717, 1.165) is 4.57 Å². The number of esters is 1. The molecule has 2 N–H and O–H groups in total. The Morgan fingerprint density at radius 3 is 2.47 bits per heavy atom. The van der Waals surface area contributed by atoms with E-state index in [4.69, 9.17) is 4.74 Å². The quantitative estimate of drug-likeness (QED) is 0.448. The highest BCUT2D eigenvalue weighted by molar-refractivity contribution is 6.01. The summed E-state index contributed by atoms with van der Waals surface area (Å²) in [6.45, 7) is -0.265. The lowest BCUT2D eigenvalue weighted by Crippen LogP contribution is -2.44. The molecular formula is C23H27ClN4O6. The lowest BCUT2D eigenvalue weighted by atomic mass is 10.2. The van der Waals surface area contributed by atoms with Crippen LogP contribution in [0.25, 0.3) is 10.9 Å². The molecular weight excluding hydrogens is 464 g/mol. The molecule has 0 fully saturated rings. The number of amides is 1. The number of halogens is 1. The van der Waals surface area contributed by atoms with Crippen molar-refractivity contribution in [1.82, 2.24) is 14.0 Å². The zero-order chi connectivity index (χ0) is 24.1. The number of carbonyl (C=O) groups is 2. The fourth-order valence-electron chi connectivity index (χ4n) is 3.63. The van der Waals surface area contributed by atoms with Crippen LogP contribution in [0.4, 0.5) is 5.69 Å². The SMILES string of the molecule is COC(=O)c1ccccc1NC(=O)CN(C)CC(O)Cn1c(=O)c2ccccc2n(C)c1=O.Cl. The molecule has 10 nitrogen and oxygen atoms in total. The third-order valence-electron chi connectivity index (χ3n) is 5.19. The summed E-state index contributed by atoms with van der Waals surface area (Å²) in [4.78, 5) is 51.2. The van der Waals surface area contributed by atoms with Gasteiger partial charge in [0.1, 0.15) is 0 Å². The molecule has 0 bridgehead atoms. The summed E-state index contributed by atoms with van der Waals surface area (Å²) in [5.74, 6) is -0.975. The van der Waals surface area contributed by atoms with Crippen molar-refractivity contribution >= 4 is 40.9 Å². The molecule has 1 amide bonds. The Labute approximate surface area is 201 Å². The molecule has 1 aromatic heterocycles. The number of nitrogens with one attached hydrogen (secondary N) is 1. The molecule has 0 aliphatic heterocycles. The van der Waals surface area contributed by atoms with E-state index in [1.165, 1.54) is 17.7 Å². The number of fused-ring (bicyclic) bond motifs is 1. The summed E-state index contributed by atoms with van der Waals surface area (Å²) in [5, 5.41) is 13.5. The monoisotopic (exact) mass is 490 g/mol. The van der Waals surface area contributed by atoms with Crippen LogP contribution in [0, 0.1) is 0 Å². The average Bonchev–Trinajstić information content (AvgIpc) is 2.80. The largest absolute Gasteiger partial charge is 0.465 e. The number of nitrogens with zero attached hydrogens (tertiary/aromatic N) is 3. The number of hydrogen-bond acceptors (Lipinski definition) is 7. The smallest absolute Gasteiger partial charge is 0.339 e. The molecule has 0 spiro atoms. The van der Waals surface area contributed by atoms with Crippen molar-refractivity contribution in [3.05, 3.63) is 74.9 Å². The number of aliphatic hydroxyl groups is 1. The zero-order valence-electron chi connectivity index (χ0n) is 19.1. The molecule has 0 aliphatic rings. The molecule has 11 heteroatoms. The molecule has 3 rings (SSSR count). The molecule has 0 saturated carbocycles. The molecule has 1 unspecified atom stereocenters. The Bertz CT molecular complexity index is 1300. The normalized spacial score (nSPS) is 11.7. The van der Waals surface area contributed by atoms with Gasteiger partial charge in [0.15, 0.2) is 0 Å². The summed E-state index contributed by atoms with van der Waals surface area (Å²) >= 11 is 0. The second kappa shape index (κ2) is 11.6. The average molecular weight is 491 g/mol. The molecule has 34 heavy (non-hydrogen) atoms. The number of ether oxygens (including phenoxy) is 1. The standard InChI is InChI=1S/C23H26N4O6.ClH/c1-25(14-20(29)24-18-10-6-4-8-16(18)22(31)33-3)12-15(28)13-27-21(30)17-9-5-7-11-19(17)26(2)23(27)32;/h4-11,15,28H,12-14H2,1-3H3,(H,24,29);1H. The van der Waals surface area contributed by atoms with Gasteiger partial charge in [0.25, 0.3) is 5.56 Å². The molecule has 2 aromatic carbocycles. The minimum atomic E-state index is -1.07. The van der Waals surface area contributed by atoms with Gasteiger partial charge in [-0.05, 0) is 31.3 Å². The highest BCUT2D eigenvalue weighted by atomic mass is 35.5. The maximum absolute atomic E-state index is 12.7. The first kappa shape index (κ1) is 26.8. The van der Waals surface area contributed by atoms with Gasteiger partial charge >= 0.3 is 11.7 Å². The second-order valence-electron chi connectivity index (χ2n) is 7.71. The van der Waals surface area contributed by atoms with Crippen molar-refractivity contribution in [3.8, 4) is 0 Å². The number of aliphatic hydroxyl groups excluding tert-OH is 1. The third kappa shape index (κ3) is 5.90. The van der Waals surface area contributed by atoms with Crippen molar-refractivity contribution < 1.29 is 19.4 Å². The first-order valence-corrected chi connectivity index (χ1v) is 10.2. The van der Waals surface area contributed by atoms with Crippen LogP contribution in [0.2, 0.25) is 0 Å². The van der Waals surface area contributed by atoms with Gasteiger partial charge in [-0.2, -0.15) is 0 Å². The van der Waals surface area contributed by atoms with Gasteiger partial charge in [-0.15, -0.1) is 12.4 Å². The Kier molecular flexibility index (Phi) is 9.13. The van der Waals surface area contributed by atoms with Crippen LogP contribution in [0.3, 0.4) is 0 Å². The Hall–Kier alpha value is -3.47. The van der Waals surface area contributed by atoms with E-state index in [1.807, 2.05) is 0 Å². The summed E-state index contributed by atoms with van der Waals surface area (Å²) in [5.41, 5.74) is 0.0430. The Morgan fingerprint density at radius 2 is 1.76 bits per heavy atom. The number of aromatic nitrogens is 2. The minimum absolute atomic E-state index is 0. The van der Waals surface area contributed by atoms with Gasteiger partial charge in [0.2, 0.25) is 5.91 Å². The maximum atomic E-state index is 12.7. The van der Waals surface area contributed by atoms with Crippen LogP contribution in [0.15, 0.2) is 58.1 Å². The predicted molar refractivity (Wildman–Crippen MR) is 131 cm³/mol. The van der Waals surface area contributed by atoms with E-state index in [9.17, 15) is 24.3 Å². The van der Waals surface area contributed by atoms with E-state index in [0.29, 0.717) is 16.6 Å². The summed E-state index contributed by atoms with van der Waals surface area (Å²) in [7, 11) is 4.44. The van der Waals surface area contributed by atoms with E-state index >= 15 is 0 Å². The number of hydrogen-bond donors (Lipinski definition) is 2. The van der Waals surface area contributed by atoms with Crippen molar-refractivity contribution in [3.63, 3.8) is 0 Å². The first-order chi connectivity index (χ1) is 15.7. The van der Waals surface area contributed by atoms with E-state index in [2.05, 4.69) is 5.32 Å². The van der Waals surface area contributed by atoms with E-state index < -0.39 is 29.2 Å². The molecule has 1 heterocycles. The second-order valence-corrected chi connectivity index (χ2v) is 7.71. The maximum Gasteiger partial charge on any atom is 0.339 e. The lowest BCUT2D eigenvalue weighted by Gasteiger charge is -2.21. The molecule has 0 saturated heterocycles. The van der Waals surface area contributed by atoms with Crippen LogP contribution in [0.5, 0.6) is 0 Å². The number of likely N-dealkylation sites (N-methyl/N-ethyl adjacent to an activating group) is 1. The molecule has 0 radical (unpaired) electrons. The Morgan fingerprint density at radius 1 is 1.12 bits per heavy atom. The number of aryl methyl sites for hydroxylation is 1. The fraction of sp³-hybridized carbons (Fsp3) is 0.304. The molecule has 1 atom stereocenters. The Balaban J connectivity index is 0.00000408. The van der Waals surface area contributed by atoms with Crippen LogP contribution >= 0.6 is 12.4 Å². The number of methoxy groups -OCH3 is 1. The van der Waals surface area contributed by atoms with Gasteiger partial charge in [0.05, 0.1) is 48.5 Å². The van der Waals surface area contributed by atoms with E-state index in [-0.39, 0.29) is 37.6 Å².